The van der Waals surface area contributed by atoms with Crippen LogP contribution in [0.1, 0.15) is 64.2 Å². The van der Waals surface area contributed by atoms with E-state index >= 15 is 0 Å². The first-order chi connectivity index (χ1) is 12.4. The lowest BCUT2D eigenvalue weighted by atomic mass is 10.1. The molecule has 1 rings (SSSR count). The van der Waals surface area contributed by atoms with Gasteiger partial charge < -0.3 is 11.1 Å². The normalized spacial score (nSPS) is 11.1. The standard InChI is InChI=1S/C19H32N6/c20-13-9-7-5-3-1-2-4-6-8-10-14-23-19(24-17-21)25-18-11-15-22-16-12-18/h11-12,15-16H,1-10,13-14,20H2,(H2,22,23,24,25). The van der Waals surface area contributed by atoms with Crippen LogP contribution in [0.25, 0.3) is 0 Å². The van der Waals surface area contributed by atoms with Crippen molar-refractivity contribution in [2.24, 2.45) is 10.7 Å². The molecule has 0 bridgehead atoms. The first-order valence-corrected chi connectivity index (χ1v) is 9.43. The van der Waals surface area contributed by atoms with Gasteiger partial charge >= 0.3 is 0 Å². The van der Waals surface area contributed by atoms with Gasteiger partial charge in [0.15, 0.2) is 6.19 Å². The maximum Gasteiger partial charge on any atom is 0.209 e. The number of pyridine rings is 1. The molecular weight excluding hydrogens is 312 g/mol. The molecule has 0 saturated carbocycles. The number of unbranched alkanes of at least 4 members (excludes halogenated alkanes) is 9. The van der Waals surface area contributed by atoms with E-state index < -0.39 is 0 Å². The summed E-state index contributed by atoms with van der Waals surface area (Å²) in [4.78, 5) is 8.39. The minimum atomic E-state index is 0.492. The summed E-state index contributed by atoms with van der Waals surface area (Å²) in [7, 11) is 0. The number of nitriles is 1. The highest BCUT2D eigenvalue weighted by atomic mass is 15.2. The van der Waals surface area contributed by atoms with Crippen molar-refractivity contribution < 1.29 is 0 Å². The smallest absolute Gasteiger partial charge is 0.209 e. The van der Waals surface area contributed by atoms with Crippen LogP contribution in [0, 0.1) is 11.5 Å². The lowest BCUT2D eigenvalue weighted by molar-refractivity contribution is 0.554. The van der Waals surface area contributed by atoms with Gasteiger partial charge in [-0.05, 0) is 31.5 Å². The fourth-order valence-corrected chi connectivity index (χ4v) is 2.60. The molecule has 6 nitrogen and oxygen atoms in total. The van der Waals surface area contributed by atoms with E-state index in [0.717, 1.165) is 25.2 Å². The van der Waals surface area contributed by atoms with Crippen molar-refractivity contribution in [3.8, 4) is 6.19 Å². The van der Waals surface area contributed by atoms with Gasteiger partial charge in [0.1, 0.15) is 0 Å². The molecule has 0 aliphatic heterocycles. The summed E-state index contributed by atoms with van der Waals surface area (Å²) >= 11 is 0. The topological polar surface area (TPSA) is 99.1 Å². The Bertz CT molecular complexity index is 494. The Kier molecular flexibility index (Phi) is 12.9. The molecule has 25 heavy (non-hydrogen) atoms. The van der Waals surface area contributed by atoms with Gasteiger partial charge in [-0.1, -0.05) is 51.4 Å². The third-order valence-corrected chi connectivity index (χ3v) is 4.00. The maximum atomic E-state index is 8.81. The average Bonchev–Trinajstić information content (AvgIpc) is 2.63. The molecule has 138 valence electrons. The third kappa shape index (κ3) is 12.0. The van der Waals surface area contributed by atoms with Crippen molar-refractivity contribution in [1.29, 1.82) is 5.26 Å². The molecule has 0 saturated heterocycles. The molecule has 0 spiro atoms. The molecule has 0 aromatic carbocycles. The van der Waals surface area contributed by atoms with Crippen LogP contribution < -0.4 is 16.4 Å². The van der Waals surface area contributed by atoms with Crippen molar-refractivity contribution in [3.05, 3.63) is 24.5 Å². The van der Waals surface area contributed by atoms with E-state index in [1.165, 1.54) is 57.8 Å². The Hall–Kier alpha value is -2.13. The lowest BCUT2D eigenvalue weighted by Crippen LogP contribution is -2.27. The summed E-state index contributed by atoms with van der Waals surface area (Å²) in [5.41, 5.74) is 6.35. The van der Waals surface area contributed by atoms with Crippen molar-refractivity contribution in [2.75, 3.05) is 18.4 Å². The van der Waals surface area contributed by atoms with Gasteiger partial charge in [0.05, 0.1) is 0 Å². The number of rotatable bonds is 13. The molecule has 0 unspecified atom stereocenters. The number of nitrogens with two attached hydrogens (primary N) is 1. The van der Waals surface area contributed by atoms with Gasteiger partial charge in [0.25, 0.3) is 0 Å². The monoisotopic (exact) mass is 344 g/mol. The summed E-state index contributed by atoms with van der Waals surface area (Å²) in [6.45, 7) is 1.55. The molecule has 1 heterocycles. The van der Waals surface area contributed by atoms with E-state index in [2.05, 4.69) is 20.6 Å². The Morgan fingerprint density at radius 2 is 1.52 bits per heavy atom. The molecule has 6 heteroatoms. The largest absolute Gasteiger partial charge is 0.330 e. The van der Waals surface area contributed by atoms with E-state index in [9.17, 15) is 0 Å². The SMILES string of the molecule is N#CNC(=NCCCCCCCCCCCCN)Nc1ccncc1. The predicted octanol–water partition coefficient (Wildman–Crippen LogP) is 3.78. The Morgan fingerprint density at radius 3 is 2.08 bits per heavy atom. The molecule has 0 aliphatic carbocycles. The molecular formula is C19H32N6. The van der Waals surface area contributed by atoms with Gasteiger partial charge in [0, 0.05) is 24.6 Å². The van der Waals surface area contributed by atoms with Crippen LogP contribution in [0.2, 0.25) is 0 Å². The first-order valence-electron chi connectivity index (χ1n) is 9.43. The summed E-state index contributed by atoms with van der Waals surface area (Å²) in [5, 5.41) is 14.5. The Morgan fingerprint density at radius 1 is 0.960 bits per heavy atom. The summed E-state index contributed by atoms with van der Waals surface area (Å²) < 4.78 is 0. The van der Waals surface area contributed by atoms with E-state index in [-0.39, 0.29) is 0 Å². The molecule has 1 aromatic rings. The van der Waals surface area contributed by atoms with Crippen molar-refractivity contribution in [1.82, 2.24) is 10.3 Å². The Balaban J connectivity index is 2.05. The highest BCUT2D eigenvalue weighted by Gasteiger charge is 1.98. The minimum Gasteiger partial charge on any atom is -0.330 e. The second kappa shape index (κ2) is 15.4. The predicted molar refractivity (Wildman–Crippen MR) is 104 cm³/mol. The number of hydrogen-bond acceptors (Lipinski definition) is 4. The highest BCUT2D eigenvalue weighted by Crippen LogP contribution is 2.10. The fourth-order valence-electron chi connectivity index (χ4n) is 2.60. The molecule has 0 radical (unpaired) electrons. The third-order valence-electron chi connectivity index (χ3n) is 4.00. The van der Waals surface area contributed by atoms with Gasteiger partial charge in [-0.15, -0.1) is 0 Å². The molecule has 0 aliphatic rings. The zero-order valence-electron chi connectivity index (χ0n) is 15.2. The van der Waals surface area contributed by atoms with Crippen LogP contribution in [0.5, 0.6) is 0 Å². The fraction of sp³-hybridized carbons (Fsp3) is 0.632. The zero-order chi connectivity index (χ0) is 18.0. The van der Waals surface area contributed by atoms with E-state index in [1.807, 2.05) is 18.3 Å². The van der Waals surface area contributed by atoms with Crippen molar-refractivity contribution >= 4 is 11.6 Å². The maximum absolute atomic E-state index is 8.81. The van der Waals surface area contributed by atoms with Crippen LogP contribution in [-0.2, 0) is 0 Å². The number of nitrogens with zero attached hydrogens (tertiary/aromatic N) is 3. The summed E-state index contributed by atoms with van der Waals surface area (Å²) in [6, 6.07) is 3.68. The van der Waals surface area contributed by atoms with Crippen LogP contribution in [0.3, 0.4) is 0 Å². The number of guanidine groups is 1. The molecule has 0 amide bonds. The molecule has 0 fully saturated rings. The molecule has 0 atom stereocenters. The second-order valence-electron chi connectivity index (χ2n) is 6.15. The van der Waals surface area contributed by atoms with Crippen LogP contribution in [0.15, 0.2) is 29.5 Å². The molecule has 4 N–H and O–H groups in total. The van der Waals surface area contributed by atoms with E-state index in [1.54, 1.807) is 12.4 Å². The number of anilines is 1. The van der Waals surface area contributed by atoms with E-state index in [4.69, 9.17) is 11.0 Å². The van der Waals surface area contributed by atoms with Gasteiger partial charge in [-0.25, -0.2) is 0 Å². The zero-order valence-corrected chi connectivity index (χ0v) is 15.2. The lowest BCUT2D eigenvalue weighted by Gasteiger charge is -2.07. The number of nitrogens with one attached hydrogen (secondary N) is 2. The average molecular weight is 345 g/mol. The first kappa shape index (κ1) is 20.9. The van der Waals surface area contributed by atoms with Gasteiger partial charge in [-0.2, -0.15) is 5.26 Å². The summed E-state index contributed by atoms with van der Waals surface area (Å²) in [6.07, 6.45) is 17.9. The quantitative estimate of drug-likeness (QED) is 0.166. The number of aromatic nitrogens is 1. The number of aliphatic imine (C=N–C) groups is 1. The number of hydrogen-bond donors (Lipinski definition) is 3. The minimum absolute atomic E-state index is 0.492. The van der Waals surface area contributed by atoms with Crippen LogP contribution in [-0.4, -0.2) is 24.0 Å². The Labute approximate surface area is 151 Å². The van der Waals surface area contributed by atoms with Gasteiger partial charge in [-0.3, -0.25) is 15.3 Å². The van der Waals surface area contributed by atoms with Crippen LogP contribution in [0.4, 0.5) is 5.69 Å². The van der Waals surface area contributed by atoms with Crippen molar-refractivity contribution in [3.63, 3.8) is 0 Å². The van der Waals surface area contributed by atoms with E-state index in [0.29, 0.717) is 5.96 Å². The molecule has 1 aromatic heterocycles. The van der Waals surface area contributed by atoms with Crippen LogP contribution >= 0.6 is 0 Å². The van der Waals surface area contributed by atoms with Crippen molar-refractivity contribution in [2.45, 2.75) is 64.2 Å². The second-order valence-corrected chi connectivity index (χ2v) is 6.15. The summed E-state index contributed by atoms with van der Waals surface area (Å²) in [5.74, 6) is 0.492. The van der Waals surface area contributed by atoms with Gasteiger partial charge in [0.2, 0.25) is 5.96 Å². The highest BCUT2D eigenvalue weighted by molar-refractivity contribution is 5.94.